The van der Waals surface area contributed by atoms with Crippen molar-refractivity contribution >= 4 is 21.6 Å². The standard InChI is InChI=1S/C14H18N4O3S/c1-11(17-22(2,20)21)14(19)16-13-6-4-12(5-7-13)10-18-9-3-8-15-18/h3-9,11,17H,10H2,1-2H3,(H,16,19)/t11-/m1/s1. The second-order valence-electron chi connectivity index (χ2n) is 5.00. The molecule has 7 nitrogen and oxygen atoms in total. The summed E-state index contributed by atoms with van der Waals surface area (Å²) in [5, 5.41) is 6.78. The van der Waals surface area contributed by atoms with Gasteiger partial charge in [-0.25, -0.2) is 13.1 Å². The summed E-state index contributed by atoms with van der Waals surface area (Å²) in [5.41, 5.74) is 1.65. The molecule has 2 aromatic rings. The molecule has 0 aliphatic rings. The van der Waals surface area contributed by atoms with Crippen LogP contribution in [0, 0.1) is 0 Å². The van der Waals surface area contributed by atoms with Gasteiger partial charge in [-0.15, -0.1) is 0 Å². The molecule has 0 bridgehead atoms. The Hall–Kier alpha value is -2.19. The fourth-order valence-electron chi connectivity index (χ4n) is 1.90. The first kappa shape index (κ1) is 16.2. The van der Waals surface area contributed by atoms with Crippen LogP contribution < -0.4 is 10.0 Å². The van der Waals surface area contributed by atoms with Gasteiger partial charge in [-0.05, 0) is 30.7 Å². The van der Waals surface area contributed by atoms with Crippen LogP contribution in [0.25, 0.3) is 0 Å². The summed E-state index contributed by atoms with van der Waals surface area (Å²) in [5.74, 6) is -0.412. The van der Waals surface area contributed by atoms with E-state index in [1.165, 1.54) is 6.92 Å². The number of carbonyl (C=O) groups excluding carboxylic acids is 1. The third-order valence-corrected chi connectivity index (χ3v) is 3.69. The van der Waals surface area contributed by atoms with Crippen molar-refractivity contribution in [2.45, 2.75) is 19.5 Å². The van der Waals surface area contributed by atoms with Crippen molar-refractivity contribution in [3.05, 3.63) is 48.3 Å². The van der Waals surface area contributed by atoms with E-state index >= 15 is 0 Å². The quantitative estimate of drug-likeness (QED) is 0.823. The highest BCUT2D eigenvalue weighted by molar-refractivity contribution is 7.88. The number of anilines is 1. The third kappa shape index (κ3) is 4.97. The number of sulfonamides is 1. The summed E-state index contributed by atoms with van der Waals surface area (Å²) in [6.45, 7) is 2.13. The maximum absolute atomic E-state index is 11.9. The fourth-order valence-corrected chi connectivity index (χ4v) is 2.65. The second kappa shape index (κ2) is 6.71. The zero-order chi connectivity index (χ0) is 16.2. The van der Waals surface area contributed by atoms with Gasteiger partial charge < -0.3 is 5.32 Å². The maximum Gasteiger partial charge on any atom is 0.242 e. The number of amides is 1. The van der Waals surface area contributed by atoms with Gasteiger partial charge in [-0.3, -0.25) is 9.48 Å². The Morgan fingerprint density at radius 1 is 1.32 bits per heavy atom. The molecule has 1 amide bonds. The van der Waals surface area contributed by atoms with E-state index in [1.807, 2.05) is 24.4 Å². The van der Waals surface area contributed by atoms with Crippen molar-refractivity contribution < 1.29 is 13.2 Å². The fraction of sp³-hybridized carbons (Fsp3) is 0.286. The summed E-state index contributed by atoms with van der Waals surface area (Å²) in [6.07, 6.45) is 4.60. The molecule has 8 heteroatoms. The van der Waals surface area contributed by atoms with Crippen molar-refractivity contribution in [1.82, 2.24) is 14.5 Å². The minimum atomic E-state index is -3.42. The molecular weight excluding hydrogens is 304 g/mol. The summed E-state index contributed by atoms with van der Waals surface area (Å²) >= 11 is 0. The Bertz CT molecular complexity index is 724. The molecule has 1 atom stereocenters. The Labute approximate surface area is 129 Å². The first-order valence-electron chi connectivity index (χ1n) is 6.68. The number of hydrogen-bond acceptors (Lipinski definition) is 4. The van der Waals surface area contributed by atoms with Crippen LogP contribution in [0.15, 0.2) is 42.7 Å². The predicted molar refractivity (Wildman–Crippen MR) is 83.8 cm³/mol. The highest BCUT2D eigenvalue weighted by atomic mass is 32.2. The van der Waals surface area contributed by atoms with Gasteiger partial charge >= 0.3 is 0 Å². The molecule has 0 fully saturated rings. The van der Waals surface area contributed by atoms with Gasteiger partial charge in [0.05, 0.1) is 18.8 Å². The normalized spacial score (nSPS) is 12.8. The van der Waals surface area contributed by atoms with Crippen molar-refractivity contribution in [3.8, 4) is 0 Å². The van der Waals surface area contributed by atoms with Gasteiger partial charge in [0, 0.05) is 18.1 Å². The molecule has 1 aromatic carbocycles. The third-order valence-electron chi connectivity index (χ3n) is 2.91. The largest absolute Gasteiger partial charge is 0.325 e. The maximum atomic E-state index is 11.9. The summed E-state index contributed by atoms with van der Waals surface area (Å²) in [4.78, 5) is 11.9. The molecule has 118 valence electrons. The molecule has 0 saturated heterocycles. The molecule has 0 spiro atoms. The lowest BCUT2D eigenvalue weighted by molar-refractivity contribution is -0.117. The van der Waals surface area contributed by atoms with E-state index in [2.05, 4.69) is 15.1 Å². The average Bonchev–Trinajstić information content (AvgIpc) is 2.92. The van der Waals surface area contributed by atoms with Gasteiger partial charge in [0.1, 0.15) is 0 Å². The molecule has 1 heterocycles. The van der Waals surface area contributed by atoms with E-state index in [9.17, 15) is 13.2 Å². The number of aromatic nitrogens is 2. The van der Waals surface area contributed by atoms with Crippen molar-refractivity contribution in [2.75, 3.05) is 11.6 Å². The topological polar surface area (TPSA) is 93.1 Å². The zero-order valence-electron chi connectivity index (χ0n) is 12.4. The van der Waals surface area contributed by atoms with Crippen molar-refractivity contribution in [3.63, 3.8) is 0 Å². The number of benzene rings is 1. The Kier molecular flexibility index (Phi) is 4.94. The SMILES string of the molecule is C[C@@H](NS(C)(=O)=O)C(=O)Nc1ccc(Cn2cccn2)cc1. The van der Waals surface area contributed by atoms with Gasteiger partial charge in [-0.2, -0.15) is 5.10 Å². The first-order chi connectivity index (χ1) is 10.3. The van der Waals surface area contributed by atoms with Crippen LogP contribution >= 0.6 is 0 Å². The lowest BCUT2D eigenvalue weighted by Gasteiger charge is -2.13. The molecule has 1 aromatic heterocycles. The number of nitrogens with one attached hydrogen (secondary N) is 2. The minimum absolute atomic E-state index is 0.412. The molecule has 0 unspecified atom stereocenters. The van der Waals surface area contributed by atoms with Crippen LogP contribution in [0.2, 0.25) is 0 Å². The molecule has 0 saturated carbocycles. The van der Waals surface area contributed by atoms with Gasteiger partial charge in [0.2, 0.25) is 15.9 Å². The number of carbonyl (C=O) groups is 1. The number of rotatable bonds is 6. The average molecular weight is 322 g/mol. The highest BCUT2D eigenvalue weighted by Gasteiger charge is 2.16. The monoisotopic (exact) mass is 322 g/mol. The zero-order valence-corrected chi connectivity index (χ0v) is 13.2. The molecule has 2 N–H and O–H groups in total. The number of hydrogen-bond donors (Lipinski definition) is 2. The van der Waals surface area contributed by atoms with Crippen LogP contribution in [-0.2, 0) is 21.4 Å². The van der Waals surface area contributed by atoms with Gasteiger partial charge in [-0.1, -0.05) is 12.1 Å². The van der Waals surface area contributed by atoms with Crippen LogP contribution in [0.4, 0.5) is 5.69 Å². The molecule has 0 aliphatic carbocycles. The summed E-state index contributed by atoms with van der Waals surface area (Å²) in [6, 6.07) is 8.31. The minimum Gasteiger partial charge on any atom is -0.325 e. The number of nitrogens with zero attached hydrogens (tertiary/aromatic N) is 2. The van der Waals surface area contributed by atoms with Crippen LogP contribution in [0.3, 0.4) is 0 Å². The highest BCUT2D eigenvalue weighted by Crippen LogP contribution is 2.11. The molecular formula is C14H18N4O3S. The second-order valence-corrected chi connectivity index (χ2v) is 6.78. The van der Waals surface area contributed by atoms with E-state index in [0.717, 1.165) is 11.8 Å². The van der Waals surface area contributed by atoms with Crippen LogP contribution in [0.5, 0.6) is 0 Å². The molecule has 0 radical (unpaired) electrons. The lowest BCUT2D eigenvalue weighted by Crippen LogP contribution is -2.40. The van der Waals surface area contributed by atoms with E-state index in [-0.39, 0.29) is 0 Å². The van der Waals surface area contributed by atoms with Crippen molar-refractivity contribution in [1.29, 1.82) is 0 Å². The summed E-state index contributed by atoms with van der Waals surface area (Å²) < 4.78 is 26.2. The Morgan fingerprint density at radius 3 is 2.55 bits per heavy atom. The lowest BCUT2D eigenvalue weighted by atomic mass is 10.2. The first-order valence-corrected chi connectivity index (χ1v) is 8.57. The van der Waals surface area contributed by atoms with E-state index < -0.39 is 22.0 Å². The Morgan fingerprint density at radius 2 is 2.00 bits per heavy atom. The molecule has 0 aliphatic heterocycles. The van der Waals surface area contributed by atoms with E-state index in [1.54, 1.807) is 23.0 Å². The van der Waals surface area contributed by atoms with Crippen LogP contribution in [-0.4, -0.2) is 36.4 Å². The van der Waals surface area contributed by atoms with Crippen LogP contribution in [0.1, 0.15) is 12.5 Å². The van der Waals surface area contributed by atoms with E-state index in [4.69, 9.17) is 0 Å². The smallest absolute Gasteiger partial charge is 0.242 e. The van der Waals surface area contributed by atoms with E-state index in [0.29, 0.717) is 12.2 Å². The molecule has 2 rings (SSSR count). The van der Waals surface area contributed by atoms with Gasteiger partial charge in [0.15, 0.2) is 0 Å². The van der Waals surface area contributed by atoms with Crippen molar-refractivity contribution in [2.24, 2.45) is 0 Å². The predicted octanol–water partition coefficient (Wildman–Crippen LogP) is 0.808. The Balaban J connectivity index is 1.94. The summed E-state index contributed by atoms with van der Waals surface area (Å²) in [7, 11) is -3.42. The molecule has 22 heavy (non-hydrogen) atoms. The van der Waals surface area contributed by atoms with Gasteiger partial charge in [0.25, 0.3) is 0 Å².